The average Bonchev–Trinajstić information content (AvgIpc) is 2.82. The molecule has 5 rings (SSSR count). The van der Waals surface area contributed by atoms with Crippen LogP contribution in [-0.2, 0) is 11.8 Å². The number of hydrogen-bond acceptors (Lipinski definition) is 4. The number of piperazine rings is 1. The molecule has 2 heterocycles. The molecule has 0 saturated carbocycles. The van der Waals surface area contributed by atoms with Gasteiger partial charge in [0.25, 0.3) is 11.8 Å². The molecule has 2 unspecified atom stereocenters. The topological polar surface area (TPSA) is 64.1 Å². The van der Waals surface area contributed by atoms with Crippen molar-refractivity contribution in [2.75, 3.05) is 39.8 Å². The SMILES string of the molecule is CN1CCN(C(=O)c2ccc(C(=O)N3CCC4(C)c5cccc(O)c5CC3C4(C)C)cc2)CC1. The fraction of sp³-hybridized carbons (Fsp3) is 0.500. The monoisotopic (exact) mass is 461 g/mol. The van der Waals surface area contributed by atoms with E-state index in [9.17, 15) is 14.7 Å². The second-order valence-corrected chi connectivity index (χ2v) is 11.0. The summed E-state index contributed by atoms with van der Waals surface area (Å²) in [6.07, 6.45) is 1.50. The van der Waals surface area contributed by atoms with Crippen molar-refractivity contribution in [2.45, 2.75) is 45.1 Å². The highest BCUT2D eigenvalue weighted by molar-refractivity contribution is 5.98. The van der Waals surface area contributed by atoms with Crippen LogP contribution in [0.25, 0.3) is 0 Å². The molecule has 1 N–H and O–H groups in total. The molecule has 2 aromatic carbocycles. The fourth-order valence-electron chi connectivity index (χ4n) is 6.28. The zero-order chi connectivity index (χ0) is 24.3. The van der Waals surface area contributed by atoms with Crippen LogP contribution in [-0.4, -0.2) is 77.4 Å². The molecule has 6 heteroatoms. The van der Waals surface area contributed by atoms with E-state index in [1.54, 1.807) is 30.3 Å². The minimum absolute atomic E-state index is 0.00223. The van der Waals surface area contributed by atoms with Crippen molar-refractivity contribution < 1.29 is 14.7 Å². The second-order valence-electron chi connectivity index (χ2n) is 11.0. The molecule has 3 aliphatic rings. The normalized spacial score (nSPS) is 26.2. The Bertz CT molecular complexity index is 1120. The van der Waals surface area contributed by atoms with Gasteiger partial charge in [-0.2, -0.15) is 0 Å². The highest BCUT2D eigenvalue weighted by atomic mass is 16.3. The van der Waals surface area contributed by atoms with Crippen LogP contribution in [0.4, 0.5) is 0 Å². The standard InChI is InChI=1S/C28H35N3O3/c1-27(2)24-18-21-22(6-5-7-23(21)32)28(27,3)12-13-31(24)26(34)20-10-8-19(9-11-20)25(33)30-16-14-29(4)15-17-30/h5-11,24,32H,12-18H2,1-4H3. The summed E-state index contributed by atoms with van der Waals surface area (Å²) < 4.78 is 0. The Hall–Kier alpha value is -2.86. The number of hydrogen-bond donors (Lipinski definition) is 1. The minimum Gasteiger partial charge on any atom is -0.508 e. The van der Waals surface area contributed by atoms with Gasteiger partial charge in [-0.15, -0.1) is 0 Å². The molecule has 2 aromatic rings. The van der Waals surface area contributed by atoms with Gasteiger partial charge in [0.1, 0.15) is 5.75 Å². The molecule has 2 fully saturated rings. The van der Waals surface area contributed by atoms with Crippen LogP contribution in [0.5, 0.6) is 5.75 Å². The number of rotatable bonds is 2. The van der Waals surface area contributed by atoms with E-state index < -0.39 is 0 Å². The maximum absolute atomic E-state index is 13.7. The molecule has 180 valence electrons. The van der Waals surface area contributed by atoms with Crippen LogP contribution in [0.3, 0.4) is 0 Å². The summed E-state index contributed by atoms with van der Waals surface area (Å²) in [4.78, 5) is 32.7. The van der Waals surface area contributed by atoms with Crippen molar-refractivity contribution in [1.82, 2.24) is 14.7 Å². The number of fused-ring (bicyclic) bond motifs is 4. The van der Waals surface area contributed by atoms with Crippen LogP contribution in [0, 0.1) is 5.41 Å². The van der Waals surface area contributed by atoms with E-state index in [1.165, 1.54) is 5.56 Å². The third kappa shape index (κ3) is 3.42. The molecule has 0 aromatic heterocycles. The number of carbonyl (C=O) groups is 2. The quantitative estimate of drug-likeness (QED) is 0.743. The summed E-state index contributed by atoms with van der Waals surface area (Å²) in [6.45, 7) is 10.7. The highest BCUT2D eigenvalue weighted by Gasteiger charge is 2.57. The Kier molecular flexibility index (Phi) is 5.47. The third-order valence-corrected chi connectivity index (χ3v) is 9.06. The van der Waals surface area contributed by atoms with Gasteiger partial charge < -0.3 is 19.8 Å². The molecule has 0 spiro atoms. The molecule has 2 saturated heterocycles. The maximum Gasteiger partial charge on any atom is 0.254 e. The Morgan fingerprint density at radius 3 is 2.15 bits per heavy atom. The number of likely N-dealkylation sites (N-methyl/N-ethyl adjacent to an activating group) is 1. The summed E-state index contributed by atoms with van der Waals surface area (Å²) >= 11 is 0. The van der Waals surface area contributed by atoms with Crippen molar-refractivity contribution in [3.8, 4) is 5.75 Å². The van der Waals surface area contributed by atoms with Gasteiger partial charge in [0.05, 0.1) is 0 Å². The summed E-state index contributed by atoms with van der Waals surface area (Å²) in [5.74, 6) is 0.351. The molecular formula is C28H35N3O3. The van der Waals surface area contributed by atoms with Crippen molar-refractivity contribution >= 4 is 11.8 Å². The van der Waals surface area contributed by atoms with Crippen LogP contribution < -0.4 is 0 Å². The van der Waals surface area contributed by atoms with Gasteiger partial charge in [-0.25, -0.2) is 0 Å². The van der Waals surface area contributed by atoms with E-state index in [0.29, 0.717) is 29.8 Å². The number of benzene rings is 2. The van der Waals surface area contributed by atoms with Gasteiger partial charge in [0, 0.05) is 55.3 Å². The minimum atomic E-state index is -0.140. The lowest BCUT2D eigenvalue weighted by molar-refractivity contribution is -0.0266. The van der Waals surface area contributed by atoms with Gasteiger partial charge in [-0.1, -0.05) is 32.9 Å². The average molecular weight is 462 g/mol. The first-order valence-corrected chi connectivity index (χ1v) is 12.3. The second kappa shape index (κ2) is 8.12. The maximum atomic E-state index is 13.7. The van der Waals surface area contributed by atoms with Crippen LogP contribution in [0.1, 0.15) is 59.0 Å². The number of likely N-dealkylation sites (tertiary alicyclic amines) is 1. The first-order valence-electron chi connectivity index (χ1n) is 12.3. The molecule has 34 heavy (non-hydrogen) atoms. The van der Waals surface area contributed by atoms with E-state index in [4.69, 9.17) is 0 Å². The van der Waals surface area contributed by atoms with Gasteiger partial charge >= 0.3 is 0 Å². The van der Waals surface area contributed by atoms with Crippen LogP contribution in [0.15, 0.2) is 42.5 Å². The lowest BCUT2D eigenvalue weighted by Crippen LogP contribution is -2.64. The van der Waals surface area contributed by atoms with E-state index in [2.05, 4.69) is 38.8 Å². The molecule has 2 amide bonds. The lowest BCUT2D eigenvalue weighted by atomic mass is 9.51. The third-order valence-electron chi connectivity index (χ3n) is 9.06. The number of amides is 2. The van der Waals surface area contributed by atoms with Crippen molar-refractivity contribution in [3.05, 3.63) is 64.7 Å². The first kappa shape index (κ1) is 22.9. The summed E-state index contributed by atoms with van der Waals surface area (Å²) in [6, 6.07) is 13.0. The lowest BCUT2D eigenvalue weighted by Gasteiger charge is -2.60. The summed E-state index contributed by atoms with van der Waals surface area (Å²) in [5.41, 5.74) is 3.17. The number of phenols is 1. The van der Waals surface area contributed by atoms with Crippen molar-refractivity contribution in [1.29, 1.82) is 0 Å². The molecule has 0 radical (unpaired) electrons. The number of piperidine rings is 1. The summed E-state index contributed by atoms with van der Waals surface area (Å²) in [5, 5.41) is 10.6. The zero-order valence-corrected chi connectivity index (χ0v) is 20.7. The molecule has 2 aliphatic heterocycles. The van der Waals surface area contributed by atoms with Crippen LogP contribution >= 0.6 is 0 Å². The van der Waals surface area contributed by atoms with Gasteiger partial charge in [0.2, 0.25) is 0 Å². The summed E-state index contributed by atoms with van der Waals surface area (Å²) in [7, 11) is 2.07. The molecule has 6 nitrogen and oxygen atoms in total. The van der Waals surface area contributed by atoms with E-state index in [0.717, 1.165) is 38.2 Å². The number of nitrogens with zero attached hydrogens (tertiary/aromatic N) is 3. The Balaban J connectivity index is 1.38. The molecular weight excluding hydrogens is 426 g/mol. The highest BCUT2D eigenvalue weighted by Crippen LogP contribution is 2.57. The smallest absolute Gasteiger partial charge is 0.254 e. The Morgan fingerprint density at radius 2 is 1.50 bits per heavy atom. The molecule has 2 bridgehead atoms. The van der Waals surface area contributed by atoms with Gasteiger partial charge in [-0.05, 0) is 66.8 Å². The van der Waals surface area contributed by atoms with E-state index in [1.807, 2.05) is 15.9 Å². The number of carbonyl (C=O) groups excluding carboxylic acids is 2. The Morgan fingerprint density at radius 1 is 0.882 bits per heavy atom. The van der Waals surface area contributed by atoms with Gasteiger partial charge in [-0.3, -0.25) is 9.59 Å². The number of aromatic hydroxyl groups is 1. The van der Waals surface area contributed by atoms with Crippen molar-refractivity contribution in [2.24, 2.45) is 5.41 Å². The predicted molar refractivity (Wildman–Crippen MR) is 132 cm³/mol. The van der Waals surface area contributed by atoms with E-state index >= 15 is 0 Å². The largest absolute Gasteiger partial charge is 0.508 e. The molecule has 2 atom stereocenters. The first-order chi connectivity index (χ1) is 16.1. The predicted octanol–water partition coefficient (Wildman–Crippen LogP) is 3.53. The fourth-order valence-corrected chi connectivity index (χ4v) is 6.28. The van der Waals surface area contributed by atoms with Crippen molar-refractivity contribution in [3.63, 3.8) is 0 Å². The van der Waals surface area contributed by atoms with Crippen LogP contribution in [0.2, 0.25) is 0 Å². The Labute approximate surface area is 202 Å². The number of phenolic OH excluding ortho intramolecular Hbond substituents is 1. The zero-order valence-electron chi connectivity index (χ0n) is 20.7. The molecule has 1 aliphatic carbocycles. The van der Waals surface area contributed by atoms with Gasteiger partial charge in [0.15, 0.2) is 0 Å². The van der Waals surface area contributed by atoms with E-state index in [-0.39, 0.29) is 28.7 Å².